The molecule has 1 heterocycles. The molecule has 1 atom stereocenters. The lowest BCUT2D eigenvalue weighted by molar-refractivity contribution is 0.586. The van der Waals surface area contributed by atoms with E-state index in [0.717, 1.165) is 18.1 Å². The first kappa shape index (κ1) is 17.8. The molecule has 4 nitrogen and oxygen atoms in total. The van der Waals surface area contributed by atoms with Gasteiger partial charge in [0.2, 0.25) is 5.95 Å². The molecular weight excluding hydrogens is 334 g/mol. The number of halogens is 2. The first-order chi connectivity index (χ1) is 12.5. The van der Waals surface area contributed by atoms with E-state index in [9.17, 15) is 8.78 Å². The van der Waals surface area contributed by atoms with E-state index >= 15 is 0 Å². The summed E-state index contributed by atoms with van der Waals surface area (Å²) in [7, 11) is 0. The fraction of sp³-hybridized carbons (Fsp3) is 0.200. The van der Waals surface area contributed by atoms with Crippen molar-refractivity contribution in [1.82, 2.24) is 9.97 Å². The number of hydrogen-bond donors (Lipinski definition) is 2. The Morgan fingerprint density at radius 1 is 1.00 bits per heavy atom. The number of aromatic nitrogens is 2. The second-order valence-electron chi connectivity index (χ2n) is 6.03. The maximum Gasteiger partial charge on any atom is 0.225 e. The smallest absolute Gasteiger partial charge is 0.225 e. The quantitative estimate of drug-likeness (QED) is 0.624. The van der Waals surface area contributed by atoms with E-state index in [4.69, 9.17) is 0 Å². The van der Waals surface area contributed by atoms with E-state index in [1.54, 1.807) is 6.07 Å². The maximum absolute atomic E-state index is 14.0. The molecule has 134 valence electrons. The van der Waals surface area contributed by atoms with E-state index < -0.39 is 11.6 Å². The van der Waals surface area contributed by atoms with Crippen molar-refractivity contribution in [3.05, 3.63) is 66.2 Å². The number of nitrogens with one attached hydrogen (secondary N) is 2. The molecule has 1 unspecified atom stereocenters. The van der Waals surface area contributed by atoms with Crippen molar-refractivity contribution in [2.24, 2.45) is 0 Å². The van der Waals surface area contributed by atoms with Crippen LogP contribution in [-0.4, -0.2) is 16.0 Å². The molecule has 2 aromatic carbocycles. The van der Waals surface area contributed by atoms with Gasteiger partial charge < -0.3 is 10.6 Å². The molecule has 0 saturated carbocycles. The summed E-state index contributed by atoms with van der Waals surface area (Å²) in [5.41, 5.74) is 1.78. The lowest BCUT2D eigenvalue weighted by atomic mass is 10.1. The van der Waals surface area contributed by atoms with E-state index in [-0.39, 0.29) is 11.7 Å². The molecule has 1 aromatic heterocycles. The van der Waals surface area contributed by atoms with Crippen LogP contribution in [0.2, 0.25) is 0 Å². The summed E-state index contributed by atoms with van der Waals surface area (Å²) in [5, 5.41) is 6.14. The second-order valence-corrected chi connectivity index (χ2v) is 6.03. The summed E-state index contributed by atoms with van der Waals surface area (Å²) in [5.74, 6) is -0.429. The van der Waals surface area contributed by atoms with Gasteiger partial charge in [-0.15, -0.1) is 0 Å². The minimum atomic E-state index is -0.679. The molecule has 0 amide bonds. The van der Waals surface area contributed by atoms with E-state index in [2.05, 4.69) is 27.5 Å². The zero-order chi connectivity index (χ0) is 18.5. The Hall–Kier alpha value is -3.02. The van der Waals surface area contributed by atoms with Gasteiger partial charge in [-0.25, -0.2) is 13.8 Å². The van der Waals surface area contributed by atoms with Gasteiger partial charge in [0.15, 0.2) is 0 Å². The molecule has 3 rings (SSSR count). The van der Waals surface area contributed by atoms with E-state index in [1.807, 2.05) is 37.3 Å². The highest BCUT2D eigenvalue weighted by molar-refractivity contribution is 5.67. The van der Waals surface area contributed by atoms with Gasteiger partial charge in [0.05, 0.1) is 11.4 Å². The average molecular weight is 354 g/mol. The fourth-order valence-electron chi connectivity index (χ4n) is 2.38. The lowest BCUT2D eigenvalue weighted by Gasteiger charge is -2.15. The number of nitrogens with zero attached hydrogens (tertiary/aromatic N) is 2. The Morgan fingerprint density at radius 2 is 1.77 bits per heavy atom. The summed E-state index contributed by atoms with van der Waals surface area (Å²) >= 11 is 0. The third-order valence-electron chi connectivity index (χ3n) is 3.98. The van der Waals surface area contributed by atoms with Crippen LogP contribution in [0.15, 0.2) is 54.6 Å². The fourth-order valence-corrected chi connectivity index (χ4v) is 2.38. The number of benzene rings is 2. The zero-order valence-electron chi connectivity index (χ0n) is 14.6. The molecule has 0 bridgehead atoms. The molecule has 2 N–H and O–H groups in total. The topological polar surface area (TPSA) is 49.8 Å². The molecule has 0 aliphatic rings. The molecule has 26 heavy (non-hydrogen) atoms. The van der Waals surface area contributed by atoms with Crippen molar-refractivity contribution >= 4 is 17.5 Å². The van der Waals surface area contributed by atoms with Gasteiger partial charge in [0.25, 0.3) is 0 Å². The number of anilines is 3. The third kappa shape index (κ3) is 4.33. The largest absolute Gasteiger partial charge is 0.352 e. The molecule has 0 saturated heterocycles. The molecule has 0 radical (unpaired) electrons. The lowest BCUT2D eigenvalue weighted by Crippen LogP contribution is -2.16. The normalized spacial score (nSPS) is 11.8. The zero-order valence-corrected chi connectivity index (χ0v) is 14.6. The van der Waals surface area contributed by atoms with Crippen LogP contribution >= 0.6 is 0 Å². The summed E-state index contributed by atoms with van der Waals surface area (Å²) in [6, 6.07) is 15.0. The molecule has 0 spiro atoms. The van der Waals surface area contributed by atoms with Gasteiger partial charge >= 0.3 is 0 Å². The van der Waals surface area contributed by atoms with Crippen molar-refractivity contribution < 1.29 is 8.78 Å². The Balaban J connectivity index is 1.98. The van der Waals surface area contributed by atoms with Gasteiger partial charge in [-0.3, -0.25) is 0 Å². The van der Waals surface area contributed by atoms with Crippen LogP contribution in [0.5, 0.6) is 0 Å². The highest BCUT2D eigenvalue weighted by Crippen LogP contribution is 2.25. The molecule has 0 fully saturated rings. The average Bonchev–Trinajstić information content (AvgIpc) is 2.64. The molecule has 3 aromatic rings. The first-order valence-electron chi connectivity index (χ1n) is 8.48. The summed E-state index contributed by atoms with van der Waals surface area (Å²) in [4.78, 5) is 8.97. The van der Waals surface area contributed by atoms with Crippen LogP contribution in [0.4, 0.5) is 26.2 Å². The summed E-state index contributed by atoms with van der Waals surface area (Å²) in [6.45, 7) is 4.09. The predicted octanol–water partition coefficient (Wildman–Crippen LogP) is 5.38. The standard InChI is InChI=1S/C20H20F2N4/c1-3-13(2)23-20-25-18(14-7-5-4-6-8-14)12-19(26-20)24-17-10-9-15(21)11-16(17)22/h4-13H,3H2,1-2H3,(H2,23,24,25,26). The van der Waals surface area contributed by atoms with Crippen molar-refractivity contribution in [2.75, 3.05) is 10.6 Å². The van der Waals surface area contributed by atoms with Gasteiger partial charge in [-0.2, -0.15) is 4.98 Å². The Kier molecular flexibility index (Phi) is 5.41. The van der Waals surface area contributed by atoms with Crippen molar-refractivity contribution in [2.45, 2.75) is 26.3 Å². The summed E-state index contributed by atoms with van der Waals surface area (Å²) < 4.78 is 27.1. The van der Waals surface area contributed by atoms with Crippen LogP contribution < -0.4 is 10.6 Å². The monoisotopic (exact) mass is 354 g/mol. The van der Waals surface area contributed by atoms with Crippen LogP contribution in [0, 0.1) is 11.6 Å². The molecule has 0 aliphatic carbocycles. The molecular formula is C20H20F2N4. The first-order valence-corrected chi connectivity index (χ1v) is 8.48. The number of hydrogen-bond acceptors (Lipinski definition) is 4. The van der Waals surface area contributed by atoms with E-state index in [0.29, 0.717) is 17.5 Å². The van der Waals surface area contributed by atoms with Crippen molar-refractivity contribution in [3.63, 3.8) is 0 Å². The van der Waals surface area contributed by atoms with E-state index in [1.165, 1.54) is 12.1 Å². The Morgan fingerprint density at radius 3 is 2.46 bits per heavy atom. The second kappa shape index (κ2) is 7.91. The van der Waals surface area contributed by atoms with Crippen molar-refractivity contribution in [3.8, 4) is 11.3 Å². The molecule has 6 heteroatoms. The minimum absolute atomic E-state index is 0.151. The van der Waals surface area contributed by atoms with Gasteiger partial charge in [-0.05, 0) is 25.5 Å². The number of rotatable bonds is 6. The van der Waals surface area contributed by atoms with Gasteiger partial charge in [0.1, 0.15) is 17.5 Å². The summed E-state index contributed by atoms with van der Waals surface area (Å²) in [6.07, 6.45) is 0.911. The maximum atomic E-state index is 14.0. The minimum Gasteiger partial charge on any atom is -0.352 e. The van der Waals surface area contributed by atoms with Crippen LogP contribution in [0.1, 0.15) is 20.3 Å². The van der Waals surface area contributed by atoms with Crippen molar-refractivity contribution in [1.29, 1.82) is 0 Å². The van der Waals surface area contributed by atoms with Crippen LogP contribution in [0.25, 0.3) is 11.3 Å². The SMILES string of the molecule is CCC(C)Nc1nc(Nc2ccc(F)cc2F)cc(-c2ccccc2)n1. The van der Waals surface area contributed by atoms with Gasteiger partial charge in [0, 0.05) is 23.7 Å². The predicted molar refractivity (Wildman–Crippen MR) is 100 cm³/mol. The highest BCUT2D eigenvalue weighted by Gasteiger charge is 2.11. The highest BCUT2D eigenvalue weighted by atomic mass is 19.1. The molecule has 0 aliphatic heterocycles. The van der Waals surface area contributed by atoms with Crippen LogP contribution in [-0.2, 0) is 0 Å². The Bertz CT molecular complexity index is 884. The Labute approximate surface area is 151 Å². The van der Waals surface area contributed by atoms with Crippen LogP contribution in [0.3, 0.4) is 0 Å². The third-order valence-corrected chi connectivity index (χ3v) is 3.98. The van der Waals surface area contributed by atoms with Gasteiger partial charge in [-0.1, -0.05) is 37.3 Å².